The van der Waals surface area contributed by atoms with Crippen LogP contribution in [0.3, 0.4) is 0 Å². The molecule has 0 saturated heterocycles. The number of hydrogen-bond acceptors (Lipinski definition) is 3. The highest BCUT2D eigenvalue weighted by atomic mass is 16.5. The molecule has 1 N–H and O–H groups in total. The zero-order valence-corrected chi connectivity index (χ0v) is 9.47. The number of aliphatic carboxylic acids is 1. The summed E-state index contributed by atoms with van der Waals surface area (Å²) >= 11 is 0. The molecule has 1 aromatic rings. The number of hydrogen-bond donors (Lipinski definition) is 1. The van der Waals surface area contributed by atoms with Crippen molar-refractivity contribution in [2.45, 2.75) is 26.4 Å². The summed E-state index contributed by atoms with van der Waals surface area (Å²) in [6, 6.07) is 7.18. The quantitative estimate of drug-likeness (QED) is 0.805. The second-order valence-electron chi connectivity index (χ2n) is 3.43. The van der Waals surface area contributed by atoms with Crippen LogP contribution in [-0.4, -0.2) is 23.8 Å². The third-order valence-corrected chi connectivity index (χ3v) is 1.92. The zero-order chi connectivity index (χ0) is 12.0. The number of benzene rings is 1. The predicted molar refractivity (Wildman–Crippen MR) is 60.0 cm³/mol. The molecule has 4 nitrogen and oxygen atoms in total. The molecule has 0 heterocycles. The number of ether oxygens (including phenoxy) is 2. The second kappa shape index (κ2) is 6.00. The number of carboxylic acids is 1. The minimum absolute atomic E-state index is 0.0150. The Morgan fingerprint density at radius 1 is 1.44 bits per heavy atom. The molecule has 0 unspecified atom stereocenters. The molecule has 16 heavy (non-hydrogen) atoms. The van der Waals surface area contributed by atoms with Crippen LogP contribution in [0.25, 0.3) is 0 Å². The Morgan fingerprint density at radius 2 is 2.12 bits per heavy atom. The summed E-state index contributed by atoms with van der Waals surface area (Å²) in [5, 5.41) is 8.60. The van der Waals surface area contributed by atoms with Crippen LogP contribution < -0.4 is 9.47 Å². The van der Waals surface area contributed by atoms with Crippen molar-refractivity contribution >= 4 is 5.97 Å². The summed E-state index contributed by atoms with van der Waals surface area (Å²) in [5.74, 6) is 0.482. The summed E-state index contributed by atoms with van der Waals surface area (Å²) < 4.78 is 10.8. The first-order chi connectivity index (χ1) is 7.61. The Balaban J connectivity index is 2.59. The average Bonchev–Trinajstić information content (AvgIpc) is 2.17. The van der Waals surface area contributed by atoms with Crippen molar-refractivity contribution in [1.82, 2.24) is 0 Å². The van der Waals surface area contributed by atoms with Gasteiger partial charge in [0.15, 0.2) is 0 Å². The summed E-state index contributed by atoms with van der Waals surface area (Å²) in [4.78, 5) is 10.5. The molecule has 88 valence electrons. The first-order valence-corrected chi connectivity index (χ1v) is 5.23. The summed E-state index contributed by atoms with van der Waals surface area (Å²) in [6.45, 7) is 4.22. The highest BCUT2D eigenvalue weighted by molar-refractivity contribution is 5.67. The third kappa shape index (κ3) is 4.21. The molecule has 0 spiro atoms. The maximum Gasteiger partial charge on any atom is 0.307 e. The van der Waals surface area contributed by atoms with Crippen molar-refractivity contribution in [2.24, 2.45) is 0 Å². The van der Waals surface area contributed by atoms with Gasteiger partial charge in [0.1, 0.15) is 17.6 Å². The van der Waals surface area contributed by atoms with Gasteiger partial charge in [-0.15, -0.1) is 0 Å². The van der Waals surface area contributed by atoms with Gasteiger partial charge in [-0.2, -0.15) is 0 Å². The SMILES string of the molecule is CCOc1cccc(O[C@@H](C)CC(=O)O)c1. The van der Waals surface area contributed by atoms with Gasteiger partial charge in [0.05, 0.1) is 13.0 Å². The van der Waals surface area contributed by atoms with Crippen LogP contribution in [0.1, 0.15) is 20.3 Å². The molecule has 0 bridgehead atoms. The van der Waals surface area contributed by atoms with Gasteiger partial charge in [0.25, 0.3) is 0 Å². The van der Waals surface area contributed by atoms with Crippen LogP contribution in [0.5, 0.6) is 11.5 Å². The molecule has 0 aliphatic heterocycles. The lowest BCUT2D eigenvalue weighted by atomic mass is 10.2. The molecule has 0 aliphatic carbocycles. The van der Waals surface area contributed by atoms with Crippen LogP contribution in [0.4, 0.5) is 0 Å². The van der Waals surface area contributed by atoms with E-state index in [0.717, 1.165) is 5.75 Å². The van der Waals surface area contributed by atoms with Gasteiger partial charge in [-0.1, -0.05) is 6.07 Å². The van der Waals surface area contributed by atoms with Crippen molar-refractivity contribution in [3.05, 3.63) is 24.3 Å². The van der Waals surface area contributed by atoms with E-state index in [9.17, 15) is 4.79 Å². The van der Waals surface area contributed by atoms with E-state index < -0.39 is 5.97 Å². The van der Waals surface area contributed by atoms with Gasteiger partial charge in [0.2, 0.25) is 0 Å². The average molecular weight is 224 g/mol. The molecule has 1 aromatic carbocycles. The monoisotopic (exact) mass is 224 g/mol. The number of carbonyl (C=O) groups is 1. The van der Waals surface area contributed by atoms with E-state index in [0.29, 0.717) is 12.4 Å². The van der Waals surface area contributed by atoms with Crippen LogP contribution in [0.2, 0.25) is 0 Å². The highest BCUT2D eigenvalue weighted by Gasteiger charge is 2.09. The standard InChI is InChI=1S/C12H16O4/c1-3-15-10-5-4-6-11(8-10)16-9(2)7-12(13)14/h4-6,8-9H,3,7H2,1-2H3,(H,13,14)/t9-/m0/s1. The molecular formula is C12H16O4. The molecule has 0 radical (unpaired) electrons. The normalized spacial score (nSPS) is 11.9. The van der Waals surface area contributed by atoms with Crippen LogP contribution >= 0.6 is 0 Å². The van der Waals surface area contributed by atoms with Crippen molar-refractivity contribution in [3.8, 4) is 11.5 Å². The van der Waals surface area contributed by atoms with Gasteiger partial charge in [-0.05, 0) is 26.0 Å². The molecule has 0 fully saturated rings. The summed E-state index contributed by atoms with van der Waals surface area (Å²) in [5.41, 5.74) is 0. The molecule has 0 amide bonds. The van der Waals surface area contributed by atoms with E-state index in [1.54, 1.807) is 19.1 Å². The van der Waals surface area contributed by atoms with Gasteiger partial charge in [0, 0.05) is 6.07 Å². The number of carboxylic acid groups (broad SMARTS) is 1. The maximum atomic E-state index is 10.5. The largest absolute Gasteiger partial charge is 0.494 e. The topological polar surface area (TPSA) is 55.8 Å². The van der Waals surface area contributed by atoms with E-state index >= 15 is 0 Å². The second-order valence-corrected chi connectivity index (χ2v) is 3.43. The predicted octanol–water partition coefficient (Wildman–Crippen LogP) is 2.33. The van der Waals surface area contributed by atoms with E-state index in [-0.39, 0.29) is 12.5 Å². The van der Waals surface area contributed by atoms with Crippen molar-refractivity contribution in [1.29, 1.82) is 0 Å². The number of rotatable bonds is 6. The fraction of sp³-hybridized carbons (Fsp3) is 0.417. The van der Waals surface area contributed by atoms with Crippen molar-refractivity contribution < 1.29 is 19.4 Å². The highest BCUT2D eigenvalue weighted by Crippen LogP contribution is 2.20. The Morgan fingerprint density at radius 3 is 2.75 bits per heavy atom. The fourth-order valence-electron chi connectivity index (χ4n) is 1.32. The Hall–Kier alpha value is -1.71. The minimum atomic E-state index is -0.867. The molecule has 0 aromatic heterocycles. The maximum absolute atomic E-state index is 10.5. The molecule has 0 aliphatic rings. The molecule has 4 heteroatoms. The van der Waals surface area contributed by atoms with Gasteiger partial charge >= 0.3 is 5.97 Å². The lowest BCUT2D eigenvalue weighted by Gasteiger charge is -2.13. The Bertz CT molecular complexity index is 349. The molecule has 0 saturated carbocycles. The summed E-state index contributed by atoms with van der Waals surface area (Å²) in [7, 11) is 0. The van der Waals surface area contributed by atoms with E-state index in [1.807, 2.05) is 19.1 Å². The smallest absolute Gasteiger partial charge is 0.307 e. The lowest BCUT2D eigenvalue weighted by molar-refractivity contribution is -0.138. The molecule has 1 rings (SSSR count). The Labute approximate surface area is 94.8 Å². The van der Waals surface area contributed by atoms with Gasteiger partial charge in [-0.3, -0.25) is 4.79 Å². The first-order valence-electron chi connectivity index (χ1n) is 5.23. The Kier molecular flexibility index (Phi) is 4.64. The van der Waals surface area contributed by atoms with Crippen molar-refractivity contribution in [2.75, 3.05) is 6.61 Å². The van der Waals surface area contributed by atoms with Gasteiger partial charge in [-0.25, -0.2) is 0 Å². The van der Waals surface area contributed by atoms with Crippen LogP contribution in [-0.2, 0) is 4.79 Å². The van der Waals surface area contributed by atoms with E-state index in [1.165, 1.54) is 0 Å². The van der Waals surface area contributed by atoms with Crippen LogP contribution in [0, 0.1) is 0 Å². The third-order valence-electron chi connectivity index (χ3n) is 1.92. The van der Waals surface area contributed by atoms with E-state index in [4.69, 9.17) is 14.6 Å². The van der Waals surface area contributed by atoms with E-state index in [2.05, 4.69) is 0 Å². The molecular weight excluding hydrogens is 208 g/mol. The van der Waals surface area contributed by atoms with Gasteiger partial charge < -0.3 is 14.6 Å². The lowest BCUT2D eigenvalue weighted by Crippen LogP contribution is -2.16. The summed E-state index contributed by atoms with van der Waals surface area (Å²) in [6.07, 6.45) is -0.367. The first kappa shape index (κ1) is 12.4. The van der Waals surface area contributed by atoms with Crippen LogP contribution in [0.15, 0.2) is 24.3 Å². The minimum Gasteiger partial charge on any atom is -0.494 e. The fourth-order valence-corrected chi connectivity index (χ4v) is 1.32. The zero-order valence-electron chi connectivity index (χ0n) is 9.47. The van der Waals surface area contributed by atoms with Crippen molar-refractivity contribution in [3.63, 3.8) is 0 Å². The molecule has 1 atom stereocenters.